The maximum Gasteiger partial charge on any atom is 0.245 e. The maximum atomic E-state index is 12.5. The van der Waals surface area contributed by atoms with E-state index in [4.69, 9.17) is 10.00 Å². The minimum absolute atomic E-state index is 0.228. The number of nitrogens with zero attached hydrogens (tertiary/aromatic N) is 6. The van der Waals surface area contributed by atoms with Crippen molar-refractivity contribution in [1.82, 2.24) is 19.6 Å². The highest BCUT2D eigenvalue weighted by Crippen LogP contribution is 2.32. The van der Waals surface area contributed by atoms with E-state index in [1.165, 1.54) is 19.3 Å². The van der Waals surface area contributed by atoms with Crippen molar-refractivity contribution < 1.29 is 9.53 Å². The van der Waals surface area contributed by atoms with Gasteiger partial charge in [0.25, 0.3) is 0 Å². The zero-order chi connectivity index (χ0) is 19.5. The lowest BCUT2D eigenvalue weighted by Crippen LogP contribution is -2.28. The van der Waals surface area contributed by atoms with Gasteiger partial charge < -0.3 is 4.74 Å². The van der Waals surface area contributed by atoms with E-state index in [2.05, 4.69) is 15.1 Å². The zero-order valence-electron chi connectivity index (χ0n) is 15.6. The number of fused-ring (bicyclic) bond motifs is 1. The lowest BCUT2D eigenvalue weighted by Gasteiger charge is -2.17. The molecule has 4 heterocycles. The van der Waals surface area contributed by atoms with Gasteiger partial charge in [0.05, 0.1) is 36.8 Å². The second-order valence-corrected chi connectivity index (χ2v) is 6.69. The van der Waals surface area contributed by atoms with Crippen LogP contribution in [-0.4, -0.2) is 39.1 Å². The molecule has 2 aliphatic rings. The van der Waals surface area contributed by atoms with Gasteiger partial charge in [-0.3, -0.25) is 9.69 Å². The van der Waals surface area contributed by atoms with Crippen LogP contribution in [0.2, 0.25) is 0 Å². The Labute approximate surface area is 162 Å². The fourth-order valence-electron chi connectivity index (χ4n) is 3.00. The Bertz CT molecular complexity index is 1050. The molecule has 1 aliphatic carbocycles. The number of carbonyl (C=O) groups is 1. The molecular formula is C20H20N6O2. The molecule has 2 fully saturated rings. The van der Waals surface area contributed by atoms with Gasteiger partial charge in [0.1, 0.15) is 11.4 Å². The minimum Gasteiger partial charge on any atom is -0.481 e. The second-order valence-electron chi connectivity index (χ2n) is 6.69. The Balaban J connectivity index is 0.000000586. The van der Waals surface area contributed by atoms with Crippen LogP contribution in [0.15, 0.2) is 36.8 Å². The molecule has 8 heteroatoms. The highest BCUT2D eigenvalue weighted by Gasteiger charge is 2.34. The summed E-state index contributed by atoms with van der Waals surface area (Å²) in [5.41, 5.74) is 2.00. The zero-order valence-corrected chi connectivity index (χ0v) is 15.6. The fourth-order valence-corrected chi connectivity index (χ4v) is 3.00. The monoisotopic (exact) mass is 376 g/mol. The standard InChI is InChI=1S/C17H14N6O2.C3H6/c1-25-16-12(3-2-6-19-16)13-10-23-14(4-7-20-23)15(21-13)22-8-5-11(9-18)17(22)24;1-2-3-1/h2-4,6-7,10-11H,5,8H2,1H3;1-3H2. The molecular weight excluding hydrogens is 356 g/mol. The van der Waals surface area contributed by atoms with E-state index >= 15 is 0 Å². The van der Waals surface area contributed by atoms with E-state index in [1.807, 2.05) is 12.1 Å². The molecule has 0 aromatic carbocycles. The van der Waals surface area contributed by atoms with Crippen molar-refractivity contribution in [3.8, 4) is 23.2 Å². The number of carbonyl (C=O) groups excluding carboxylic acids is 1. The van der Waals surface area contributed by atoms with Crippen LogP contribution in [0.25, 0.3) is 16.8 Å². The maximum absolute atomic E-state index is 12.5. The van der Waals surface area contributed by atoms with Gasteiger partial charge in [0.15, 0.2) is 5.82 Å². The number of hydrogen-bond acceptors (Lipinski definition) is 6. The molecule has 0 spiro atoms. The fraction of sp³-hybridized carbons (Fsp3) is 0.350. The Morgan fingerprint density at radius 1 is 1.25 bits per heavy atom. The van der Waals surface area contributed by atoms with Gasteiger partial charge in [-0.05, 0) is 24.6 Å². The van der Waals surface area contributed by atoms with Crippen molar-refractivity contribution in [2.24, 2.45) is 5.92 Å². The molecule has 5 rings (SSSR count). The number of pyridine rings is 1. The van der Waals surface area contributed by atoms with E-state index in [0.717, 1.165) is 0 Å². The van der Waals surface area contributed by atoms with E-state index in [-0.39, 0.29) is 5.91 Å². The van der Waals surface area contributed by atoms with E-state index in [1.54, 1.807) is 47.2 Å². The summed E-state index contributed by atoms with van der Waals surface area (Å²) < 4.78 is 6.97. The second kappa shape index (κ2) is 7.64. The van der Waals surface area contributed by atoms with Crippen LogP contribution < -0.4 is 9.64 Å². The Morgan fingerprint density at radius 2 is 2.07 bits per heavy atom. The first-order valence-electron chi connectivity index (χ1n) is 9.27. The van der Waals surface area contributed by atoms with Crippen molar-refractivity contribution in [1.29, 1.82) is 5.26 Å². The number of amides is 1. The Morgan fingerprint density at radius 3 is 2.75 bits per heavy atom. The third-order valence-corrected chi connectivity index (χ3v) is 4.58. The van der Waals surface area contributed by atoms with Crippen molar-refractivity contribution >= 4 is 17.2 Å². The highest BCUT2D eigenvalue weighted by molar-refractivity contribution is 6.01. The summed E-state index contributed by atoms with van der Waals surface area (Å²) in [4.78, 5) is 22.9. The number of aromatic nitrogens is 4. The lowest BCUT2D eigenvalue weighted by atomic mass is 10.1. The largest absolute Gasteiger partial charge is 0.481 e. The van der Waals surface area contributed by atoms with Crippen molar-refractivity contribution in [3.05, 3.63) is 36.8 Å². The average Bonchev–Trinajstić information content (AvgIpc) is 3.46. The first-order valence-corrected chi connectivity index (χ1v) is 9.27. The number of hydrogen-bond donors (Lipinski definition) is 0. The van der Waals surface area contributed by atoms with E-state index in [0.29, 0.717) is 41.4 Å². The predicted molar refractivity (Wildman–Crippen MR) is 103 cm³/mol. The molecule has 1 saturated heterocycles. The first-order chi connectivity index (χ1) is 13.7. The Kier molecular flexibility index (Phi) is 4.89. The van der Waals surface area contributed by atoms with Gasteiger partial charge in [0, 0.05) is 12.7 Å². The quantitative estimate of drug-likeness (QED) is 0.697. The summed E-state index contributed by atoms with van der Waals surface area (Å²) >= 11 is 0. The SMILES string of the molecule is C1CC1.COc1ncccc1-c1cn2nccc2c(N2CCC(C#N)C2=O)n1. The predicted octanol–water partition coefficient (Wildman–Crippen LogP) is 2.85. The van der Waals surface area contributed by atoms with Crippen LogP contribution in [0.3, 0.4) is 0 Å². The summed E-state index contributed by atoms with van der Waals surface area (Å²) in [5, 5.41) is 13.4. The van der Waals surface area contributed by atoms with Gasteiger partial charge >= 0.3 is 0 Å². The number of anilines is 1. The smallest absolute Gasteiger partial charge is 0.245 e. The van der Waals surface area contributed by atoms with Crippen LogP contribution in [0.5, 0.6) is 5.88 Å². The topological polar surface area (TPSA) is 96.4 Å². The van der Waals surface area contributed by atoms with Gasteiger partial charge in [-0.15, -0.1) is 0 Å². The van der Waals surface area contributed by atoms with E-state index in [9.17, 15) is 4.79 Å². The normalized spacial score (nSPS) is 17.8. The van der Waals surface area contributed by atoms with Crippen LogP contribution >= 0.6 is 0 Å². The van der Waals surface area contributed by atoms with Gasteiger partial charge in [-0.25, -0.2) is 14.5 Å². The summed E-state index contributed by atoms with van der Waals surface area (Å²) in [6, 6.07) is 7.47. The minimum atomic E-state index is -0.624. The van der Waals surface area contributed by atoms with Crippen molar-refractivity contribution in [3.63, 3.8) is 0 Å². The van der Waals surface area contributed by atoms with Crippen molar-refractivity contribution in [2.45, 2.75) is 25.7 Å². The molecule has 142 valence electrons. The summed E-state index contributed by atoms with van der Waals surface area (Å²) in [5.74, 6) is 0.0773. The third kappa shape index (κ3) is 3.39. The third-order valence-electron chi connectivity index (χ3n) is 4.58. The number of nitriles is 1. The number of methoxy groups -OCH3 is 1. The number of ether oxygens (including phenoxy) is 1. The Hall–Kier alpha value is -3.47. The van der Waals surface area contributed by atoms with Gasteiger partial charge in [0.2, 0.25) is 11.8 Å². The summed E-state index contributed by atoms with van der Waals surface area (Å²) in [6.07, 6.45) is 10.0. The molecule has 28 heavy (non-hydrogen) atoms. The molecule has 3 aromatic heterocycles. The molecule has 1 aliphatic heterocycles. The highest BCUT2D eigenvalue weighted by atomic mass is 16.5. The molecule has 1 atom stereocenters. The molecule has 0 radical (unpaired) electrons. The number of rotatable bonds is 3. The molecule has 0 N–H and O–H groups in total. The van der Waals surface area contributed by atoms with Crippen molar-refractivity contribution in [2.75, 3.05) is 18.6 Å². The van der Waals surface area contributed by atoms with Crippen LogP contribution in [0.1, 0.15) is 25.7 Å². The van der Waals surface area contributed by atoms with Crippen LogP contribution in [0.4, 0.5) is 5.82 Å². The van der Waals surface area contributed by atoms with Gasteiger partial charge in [-0.1, -0.05) is 19.3 Å². The summed E-state index contributed by atoms with van der Waals surface area (Å²) in [6.45, 7) is 0.457. The molecule has 3 aromatic rings. The molecule has 1 unspecified atom stereocenters. The van der Waals surface area contributed by atoms with Crippen LogP contribution in [-0.2, 0) is 4.79 Å². The first kappa shape index (κ1) is 17.9. The average molecular weight is 376 g/mol. The van der Waals surface area contributed by atoms with Gasteiger partial charge in [-0.2, -0.15) is 10.4 Å². The summed E-state index contributed by atoms with van der Waals surface area (Å²) in [7, 11) is 1.54. The molecule has 1 saturated carbocycles. The lowest BCUT2D eigenvalue weighted by molar-refractivity contribution is -0.119. The molecule has 1 amide bonds. The molecule has 8 nitrogen and oxygen atoms in total. The van der Waals surface area contributed by atoms with Crippen LogP contribution in [0, 0.1) is 17.2 Å². The molecule has 0 bridgehead atoms. The van der Waals surface area contributed by atoms with E-state index < -0.39 is 5.92 Å².